The number of hydrogen-bond acceptors (Lipinski definition) is 3. The lowest BCUT2D eigenvalue weighted by Crippen LogP contribution is -2.29. The largest absolute Gasteiger partial charge is 0.481 e. The van der Waals surface area contributed by atoms with Gasteiger partial charge in [-0.2, -0.15) is 0 Å². The Morgan fingerprint density at radius 3 is 2.64 bits per heavy atom. The minimum Gasteiger partial charge on any atom is -0.481 e. The van der Waals surface area contributed by atoms with Crippen molar-refractivity contribution >= 4 is 5.97 Å². The number of nitrogens with one attached hydrogen (secondary N) is 1. The Bertz CT molecular complexity index is 990. The standard InChI is InChI=1S/C19H15FN2O3/c1-19(2)15-14(10-3-5-11(20)6-4-10)17(18(23)24)22-16(15)12-7-8-21-9-13(12)25-19/h3-9,22H,1-2H3,(H,23,24). The summed E-state index contributed by atoms with van der Waals surface area (Å²) < 4.78 is 19.4. The molecule has 3 heterocycles. The van der Waals surface area contributed by atoms with E-state index in [-0.39, 0.29) is 11.5 Å². The van der Waals surface area contributed by atoms with Crippen LogP contribution in [0.4, 0.5) is 4.39 Å². The number of ether oxygens (including phenoxy) is 1. The Balaban J connectivity index is 2.08. The average Bonchev–Trinajstić information content (AvgIpc) is 2.97. The second kappa shape index (κ2) is 5.17. The number of carbonyl (C=O) groups is 1. The van der Waals surface area contributed by atoms with Crippen LogP contribution in [0.5, 0.6) is 5.75 Å². The highest BCUT2D eigenvalue weighted by molar-refractivity contribution is 5.99. The summed E-state index contributed by atoms with van der Waals surface area (Å²) in [6.45, 7) is 3.74. The molecule has 25 heavy (non-hydrogen) atoms. The zero-order chi connectivity index (χ0) is 17.8. The summed E-state index contributed by atoms with van der Waals surface area (Å²) >= 11 is 0. The maximum Gasteiger partial charge on any atom is 0.352 e. The summed E-state index contributed by atoms with van der Waals surface area (Å²) in [7, 11) is 0. The maximum atomic E-state index is 13.3. The van der Waals surface area contributed by atoms with Crippen molar-refractivity contribution in [2.45, 2.75) is 19.4 Å². The summed E-state index contributed by atoms with van der Waals surface area (Å²) in [4.78, 5) is 18.9. The lowest BCUT2D eigenvalue weighted by molar-refractivity contribution is 0.0692. The van der Waals surface area contributed by atoms with E-state index in [1.807, 2.05) is 13.8 Å². The van der Waals surface area contributed by atoms with Gasteiger partial charge in [-0.25, -0.2) is 9.18 Å². The fraction of sp³-hybridized carbons (Fsp3) is 0.158. The maximum absolute atomic E-state index is 13.3. The molecular formula is C19H15FN2O3. The smallest absolute Gasteiger partial charge is 0.352 e. The molecule has 0 fully saturated rings. The molecule has 4 rings (SSSR count). The average molecular weight is 338 g/mol. The van der Waals surface area contributed by atoms with Crippen molar-refractivity contribution in [1.29, 1.82) is 0 Å². The minimum atomic E-state index is -1.08. The van der Waals surface area contributed by atoms with Gasteiger partial charge in [-0.15, -0.1) is 0 Å². The quantitative estimate of drug-likeness (QED) is 0.734. The van der Waals surface area contributed by atoms with Crippen molar-refractivity contribution in [3.8, 4) is 28.1 Å². The topological polar surface area (TPSA) is 75.2 Å². The van der Waals surface area contributed by atoms with Gasteiger partial charge in [-0.1, -0.05) is 12.1 Å². The van der Waals surface area contributed by atoms with Gasteiger partial charge in [0.05, 0.1) is 11.9 Å². The van der Waals surface area contributed by atoms with Gasteiger partial charge < -0.3 is 14.8 Å². The Morgan fingerprint density at radius 1 is 1.24 bits per heavy atom. The first-order valence-corrected chi connectivity index (χ1v) is 7.77. The number of rotatable bonds is 2. The first kappa shape index (κ1) is 15.4. The number of fused-ring (bicyclic) bond motifs is 3. The Hall–Kier alpha value is -3.15. The summed E-state index contributed by atoms with van der Waals surface area (Å²) in [5.41, 5.74) is 2.57. The third kappa shape index (κ3) is 2.29. The number of halogens is 1. The number of aromatic nitrogens is 2. The number of carboxylic acid groups (broad SMARTS) is 1. The highest BCUT2D eigenvalue weighted by Gasteiger charge is 2.39. The van der Waals surface area contributed by atoms with Crippen molar-refractivity contribution in [3.63, 3.8) is 0 Å². The molecule has 0 saturated carbocycles. The molecule has 0 bridgehead atoms. The fourth-order valence-corrected chi connectivity index (χ4v) is 3.36. The third-order valence-electron chi connectivity index (χ3n) is 4.37. The SMILES string of the molecule is CC1(C)Oc2cnccc2-c2[nH]c(C(=O)O)c(-c3ccc(F)cc3)c21. The van der Waals surface area contributed by atoms with E-state index in [4.69, 9.17) is 4.74 Å². The number of pyridine rings is 1. The van der Waals surface area contributed by atoms with Gasteiger partial charge in [0.1, 0.15) is 22.9 Å². The number of benzene rings is 1. The van der Waals surface area contributed by atoms with Crippen LogP contribution in [-0.4, -0.2) is 21.0 Å². The molecule has 2 aromatic heterocycles. The van der Waals surface area contributed by atoms with E-state index in [1.165, 1.54) is 12.1 Å². The monoisotopic (exact) mass is 338 g/mol. The van der Waals surface area contributed by atoms with Gasteiger partial charge in [-0.3, -0.25) is 4.98 Å². The Labute approximate surface area is 143 Å². The van der Waals surface area contributed by atoms with E-state index in [2.05, 4.69) is 9.97 Å². The van der Waals surface area contributed by atoms with Gasteiger partial charge in [0.25, 0.3) is 0 Å². The van der Waals surface area contributed by atoms with Crippen LogP contribution in [-0.2, 0) is 5.60 Å². The van der Waals surface area contributed by atoms with E-state index < -0.39 is 11.6 Å². The number of aromatic carboxylic acids is 1. The molecule has 126 valence electrons. The first-order chi connectivity index (χ1) is 11.9. The van der Waals surface area contributed by atoms with Crippen LogP contribution in [0.2, 0.25) is 0 Å². The second-order valence-electron chi connectivity index (χ2n) is 6.42. The predicted octanol–water partition coefficient (Wildman–Crippen LogP) is 4.21. The molecule has 1 aliphatic rings. The fourth-order valence-electron chi connectivity index (χ4n) is 3.36. The van der Waals surface area contributed by atoms with Crippen LogP contribution in [0.3, 0.4) is 0 Å². The zero-order valence-corrected chi connectivity index (χ0v) is 13.6. The van der Waals surface area contributed by atoms with Gasteiger partial charge in [-0.05, 0) is 37.6 Å². The molecule has 5 nitrogen and oxygen atoms in total. The normalized spacial score (nSPS) is 14.4. The molecule has 1 aromatic carbocycles. The van der Waals surface area contributed by atoms with Crippen LogP contribution >= 0.6 is 0 Å². The van der Waals surface area contributed by atoms with Crippen molar-refractivity contribution in [1.82, 2.24) is 9.97 Å². The van der Waals surface area contributed by atoms with Gasteiger partial charge in [0, 0.05) is 22.9 Å². The second-order valence-corrected chi connectivity index (χ2v) is 6.42. The Kier molecular flexibility index (Phi) is 3.18. The lowest BCUT2D eigenvalue weighted by Gasteiger charge is -2.33. The van der Waals surface area contributed by atoms with Gasteiger partial charge in [0.2, 0.25) is 0 Å². The molecule has 0 amide bonds. The van der Waals surface area contributed by atoms with Crippen molar-refractivity contribution in [3.05, 3.63) is 59.8 Å². The number of hydrogen-bond donors (Lipinski definition) is 2. The molecule has 0 radical (unpaired) electrons. The van der Waals surface area contributed by atoms with E-state index in [0.717, 1.165) is 11.1 Å². The number of carboxylic acids is 1. The summed E-state index contributed by atoms with van der Waals surface area (Å²) in [6, 6.07) is 7.55. The molecule has 0 spiro atoms. The van der Waals surface area contributed by atoms with Crippen LogP contribution in [0.1, 0.15) is 29.9 Å². The highest BCUT2D eigenvalue weighted by atomic mass is 19.1. The number of aromatic amines is 1. The summed E-state index contributed by atoms with van der Waals surface area (Å²) in [5, 5.41) is 9.69. The third-order valence-corrected chi connectivity index (χ3v) is 4.37. The first-order valence-electron chi connectivity index (χ1n) is 7.77. The molecular weight excluding hydrogens is 323 g/mol. The molecule has 0 atom stereocenters. The van der Waals surface area contributed by atoms with Crippen LogP contribution in [0, 0.1) is 5.82 Å². The van der Waals surface area contributed by atoms with Crippen LogP contribution < -0.4 is 4.74 Å². The summed E-state index contributed by atoms with van der Waals surface area (Å²) in [6.07, 6.45) is 3.24. The van der Waals surface area contributed by atoms with Gasteiger partial charge in [0.15, 0.2) is 0 Å². The lowest BCUT2D eigenvalue weighted by atomic mass is 9.86. The van der Waals surface area contributed by atoms with Gasteiger partial charge >= 0.3 is 5.97 Å². The summed E-state index contributed by atoms with van der Waals surface area (Å²) in [5.74, 6) is -0.874. The number of nitrogens with zero attached hydrogens (tertiary/aromatic N) is 1. The van der Waals surface area contributed by atoms with Crippen LogP contribution in [0.25, 0.3) is 22.4 Å². The molecule has 2 N–H and O–H groups in total. The Morgan fingerprint density at radius 2 is 1.96 bits per heavy atom. The molecule has 0 saturated heterocycles. The molecule has 0 aliphatic carbocycles. The van der Waals surface area contributed by atoms with Crippen LogP contribution in [0.15, 0.2) is 42.7 Å². The van der Waals surface area contributed by atoms with Crippen molar-refractivity contribution in [2.75, 3.05) is 0 Å². The zero-order valence-electron chi connectivity index (χ0n) is 13.6. The molecule has 3 aromatic rings. The number of H-pyrrole nitrogens is 1. The molecule has 6 heteroatoms. The van der Waals surface area contributed by atoms with E-state index >= 15 is 0 Å². The molecule has 0 unspecified atom stereocenters. The highest BCUT2D eigenvalue weighted by Crippen LogP contribution is 2.49. The molecule has 1 aliphatic heterocycles. The predicted molar refractivity (Wildman–Crippen MR) is 90.0 cm³/mol. The van der Waals surface area contributed by atoms with Crippen molar-refractivity contribution in [2.24, 2.45) is 0 Å². The minimum absolute atomic E-state index is 0.0537. The van der Waals surface area contributed by atoms with E-state index in [0.29, 0.717) is 22.6 Å². The van der Waals surface area contributed by atoms with E-state index in [9.17, 15) is 14.3 Å². The van der Waals surface area contributed by atoms with Crippen molar-refractivity contribution < 1.29 is 19.0 Å². The van der Waals surface area contributed by atoms with E-state index in [1.54, 1.807) is 30.6 Å².